The van der Waals surface area contributed by atoms with E-state index in [9.17, 15) is 9.90 Å². The Morgan fingerprint density at radius 1 is 1.14 bits per heavy atom. The molecule has 3 N–H and O–H groups in total. The van der Waals surface area contributed by atoms with Crippen LogP contribution in [0.5, 0.6) is 0 Å². The Balaban J connectivity index is 1.76. The van der Waals surface area contributed by atoms with Crippen LogP contribution in [-0.2, 0) is 4.79 Å². The first-order chi connectivity index (χ1) is 10.4. The third-order valence-electron chi connectivity index (χ3n) is 7.47. The number of nitrogens with two attached hydrogens (primary N) is 1. The number of hydrogen-bond donors (Lipinski definition) is 2. The standard InChI is InChI=1S/C19H27NO2/c1-18-7-5-12(21)9-11(18)3-4-13-14(18)6-8-19(2)15(13)10-16(22)17(19)20/h3-4,12,14-15,17,21H,5-10,20H2,1-2H3/t12?,14-,15-,17-,18-,19-/m0/s1. The van der Waals surface area contributed by atoms with Gasteiger partial charge >= 0.3 is 0 Å². The molecule has 0 aliphatic heterocycles. The van der Waals surface area contributed by atoms with Crippen molar-refractivity contribution in [2.75, 3.05) is 0 Å². The summed E-state index contributed by atoms with van der Waals surface area (Å²) in [5, 5.41) is 10.00. The number of Topliss-reactive ketones (excluding diaryl/α,β-unsaturated/α-hetero) is 1. The van der Waals surface area contributed by atoms with Gasteiger partial charge < -0.3 is 10.8 Å². The monoisotopic (exact) mass is 301 g/mol. The van der Waals surface area contributed by atoms with Crippen molar-refractivity contribution in [1.82, 2.24) is 0 Å². The Labute approximate surface area is 132 Å². The van der Waals surface area contributed by atoms with Gasteiger partial charge in [-0.2, -0.15) is 0 Å². The van der Waals surface area contributed by atoms with Gasteiger partial charge in [-0.15, -0.1) is 0 Å². The number of fused-ring (bicyclic) bond motifs is 5. The van der Waals surface area contributed by atoms with Gasteiger partial charge in [0, 0.05) is 6.42 Å². The van der Waals surface area contributed by atoms with Crippen LogP contribution < -0.4 is 5.73 Å². The fourth-order valence-corrected chi connectivity index (χ4v) is 5.83. The average Bonchev–Trinajstić information content (AvgIpc) is 2.72. The molecule has 0 amide bonds. The van der Waals surface area contributed by atoms with Crippen LogP contribution in [0.2, 0.25) is 0 Å². The first-order valence-electron chi connectivity index (χ1n) is 8.74. The zero-order chi connectivity index (χ0) is 15.7. The Hall–Kier alpha value is -0.930. The van der Waals surface area contributed by atoms with E-state index in [4.69, 9.17) is 5.73 Å². The highest BCUT2D eigenvalue weighted by atomic mass is 16.3. The van der Waals surface area contributed by atoms with E-state index in [1.807, 2.05) is 0 Å². The fraction of sp³-hybridized carbons (Fsp3) is 0.737. The number of carbonyl (C=O) groups is 1. The van der Waals surface area contributed by atoms with Crippen molar-refractivity contribution in [3.05, 3.63) is 23.3 Å². The molecule has 0 radical (unpaired) electrons. The lowest BCUT2D eigenvalue weighted by Crippen LogP contribution is -2.49. The molecule has 3 heteroatoms. The van der Waals surface area contributed by atoms with Crippen LogP contribution in [0.15, 0.2) is 23.3 Å². The first kappa shape index (κ1) is 14.6. The summed E-state index contributed by atoms with van der Waals surface area (Å²) >= 11 is 0. The highest BCUT2D eigenvalue weighted by Gasteiger charge is 2.58. The third-order valence-corrected chi connectivity index (χ3v) is 7.47. The number of aliphatic hydroxyl groups is 1. The Bertz CT molecular complexity index is 592. The minimum atomic E-state index is -0.286. The average molecular weight is 301 g/mol. The number of hydrogen-bond acceptors (Lipinski definition) is 3. The molecule has 6 atom stereocenters. The molecule has 3 nitrogen and oxygen atoms in total. The summed E-state index contributed by atoms with van der Waals surface area (Å²) in [5.41, 5.74) is 9.27. The van der Waals surface area contributed by atoms with E-state index in [0.29, 0.717) is 18.3 Å². The SMILES string of the molecule is C[C@]12CC[C@H]3C(=CC=C4CC(O)CC[C@@]43C)[C@@H]1CC(=O)[C@@H]2N. The Morgan fingerprint density at radius 3 is 2.68 bits per heavy atom. The zero-order valence-electron chi connectivity index (χ0n) is 13.6. The van der Waals surface area contributed by atoms with Crippen LogP contribution >= 0.6 is 0 Å². The van der Waals surface area contributed by atoms with Crippen molar-refractivity contribution in [1.29, 1.82) is 0 Å². The van der Waals surface area contributed by atoms with E-state index in [2.05, 4.69) is 26.0 Å². The summed E-state index contributed by atoms with van der Waals surface area (Å²) in [7, 11) is 0. The summed E-state index contributed by atoms with van der Waals surface area (Å²) in [6.45, 7) is 4.60. The molecule has 0 aromatic carbocycles. The molecule has 120 valence electrons. The quantitative estimate of drug-likeness (QED) is 0.723. The van der Waals surface area contributed by atoms with Gasteiger partial charge in [-0.05, 0) is 54.8 Å². The second kappa shape index (κ2) is 4.55. The second-order valence-corrected chi connectivity index (χ2v) is 8.47. The number of ketones is 1. The molecule has 0 saturated heterocycles. The highest BCUT2D eigenvalue weighted by Crippen LogP contribution is 2.62. The highest BCUT2D eigenvalue weighted by molar-refractivity contribution is 5.88. The maximum atomic E-state index is 12.2. The predicted molar refractivity (Wildman–Crippen MR) is 86.1 cm³/mol. The van der Waals surface area contributed by atoms with Crippen LogP contribution in [0.25, 0.3) is 0 Å². The first-order valence-corrected chi connectivity index (χ1v) is 8.74. The molecule has 4 rings (SSSR count). The van der Waals surface area contributed by atoms with Crippen molar-refractivity contribution in [2.24, 2.45) is 28.4 Å². The Morgan fingerprint density at radius 2 is 1.91 bits per heavy atom. The van der Waals surface area contributed by atoms with Gasteiger partial charge in [-0.25, -0.2) is 0 Å². The van der Waals surface area contributed by atoms with Crippen LogP contribution in [0, 0.1) is 22.7 Å². The fourth-order valence-electron chi connectivity index (χ4n) is 5.83. The Kier molecular flexibility index (Phi) is 3.03. The lowest BCUT2D eigenvalue weighted by atomic mass is 9.51. The van der Waals surface area contributed by atoms with E-state index in [-0.39, 0.29) is 28.8 Å². The lowest BCUT2D eigenvalue weighted by Gasteiger charge is -2.54. The lowest BCUT2D eigenvalue weighted by molar-refractivity contribution is -0.119. The molecule has 0 heterocycles. The van der Waals surface area contributed by atoms with Crippen LogP contribution in [0.4, 0.5) is 0 Å². The largest absolute Gasteiger partial charge is 0.393 e. The van der Waals surface area contributed by atoms with Crippen LogP contribution in [0.3, 0.4) is 0 Å². The maximum Gasteiger partial charge on any atom is 0.150 e. The van der Waals surface area contributed by atoms with E-state index in [0.717, 1.165) is 32.1 Å². The van der Waals surface area contributed by atoms with Gasteiger partial charge in [0.2, 0.25) is 0 Å². The van der Waals surface area contributed by atoms with Gasteiger partial charge in [-0.3, -0.25) is 4.79 Å². The molecular weight excluding hydrogens is 274 g/mol. The summed E-state index contributed by atoms with van der Waals surface area (Å²) in [6, 6.07) is -0.286. The molecule has 0 spiro atoms. The molecule has 0 aromatic rings. The summed E-state index contributed by atoms with van der Waals surface area (Å²) in [5.74, 6) is 1.11. The minimum Gasteiger partial charge on any atom is -0.393 e. The van der Waals surface area contributed by atoms with Crippen molar-refractivity contribution in [2.45, 2.75) is 64.5 Å². The van der Waals surface area contributed by atoms with Crippen LogP contribution in [-0.4, -0.2) is 23.0 Å². The van der Waals surface area contributed by atoms with Crippen molar-refractivity contribution in [3.8, 4) is 0 Å². The topological polar surface area (TPSA) is 63.3 Å². The predicted octanol–water partition coefficient (Wildman–Crippen LogP) is 2.74. The van der Waals surface area contributed by atoms with E-state index in [1.165, 1.54) is 11.1 Å². The van der Waals surface area contributed by atoms with Crippen molar-refractivity contribution >= 4 is 5.78 Å². The van der Waals surface area contributed by atoms with Gasteiger partial charge in [0.05, 0.1) is 12.1 Å². The van der Waals surface area contributed by atoms with Crippen molar-refractivity contribution < 1.29 is 9.90 Å². The molecule has 4 aliphatic carbocycles. The molecule has 1 unspecified atom stereocenters. The number of rotatable bonds is 0. The second-order valence-electron chi connectivity index (χ2n) is 8.47. The van der Waals surface area contributed by atoms with E-state index < -0.39 is 0 Å². The smallest absolute Gasteiger partial charge is 0.150 e. The number of allylic oxidation sites excluding steroid dienone is 3. The summed E-state index contributed by atoms with van der Waals surface area (Å²) in [6.07, 6.45) is 9.93. The molecule has 0 bridgehead atoms. The number of aliphatic hydroxyl groups excluding tert-OH is 1. The van der Waals surface area contributed by atoms with Crippen molar-refractivity contribution in [3.63, 3.8) is 0 Å². The molecule has 3 saturated carbocycles. The molecule has 4 aliphatic rings. The number of carbonyl (C=O) groups excluding carboxylic acids is 1. The van der Waals surface area contributed by atoms with E-state index >= 15 is 0 Å². The van der Waals surface area contributed by atoms with Gasteiger partial charge in [0.1, 0.15) is 0 Å². The van der Waals surface area contributed by atoms with Gasteiger partial charge in [-0.1, -0.05) is 37.1 Å². The third kappa shape index (κ3) is 1.73. The summed E-state index contributed by atoms with van der Waals surface area (Å²) in [4.78, 5) is 12.2. The van der Waals surface area contributed by atoms with E-state index in [1.54, 1.807) is 0 Å². The minimum absolute atomic E-state index is 0.0463. The summed E-state index contributed by atoms with van der Waals surface area (Å²) < 4.78 is 0. The van der Waals surface area contributed by atoms with Gasteiger partial charge in [0.15, 0.2) is 5.78 Å². The molecular formula is C19H27NO2. The zero-order valence-corrected chi connectivity index (χ0v) is 13.6. The molecule has 3 fully saturated rings. The maximum absolute atomic E-state index is 12.2. The van der Waals surface area contributed by atoms with Gasteiger partial charge in [0.25, 0.3) is 0 Å². The molecule has 22 heavy (non-hydrogen) atoms. The molecule has 0 aromatic heterocycles. The normalized spacial score (nSPS) is 50.6. The van der Waals surface area contributed by atoms with Crippen LogP contribution in [0.1, 0.15) is 52.4 Å².